The lowest BCUT2D eigenvalue weighted by atomic mass is 10.1. The Bertz CT molecular complexity index is 1240. The monoisotopic (exact) mass is 521 g/mol. The summed E-state index contributed by atoms with van der Waals surface area (Å²) in [5, 5.41) is 4.80. The van der Waals surface area contributed by atoms with Crippen molar-refractivity contribution in [2.24, 2.45) is 0 Å². The average molecular weight is 522 g/mol. The van der Waals surface area contributed by atoms with Crippen molar-refractivity contribution in [1.29, 1.82) is 0 Å². The number of carbonyl (C=O) groups is 3. The SMILES string of the molecule is CC[C@@H](C)NC(=O)[C@@H](C)N(Cc1ccc(Br)cc1)C(=O)CN1C(=O)c2cccc3cccc1c23. The first-order chi connectivity index (χ1) is 16.3. The number of rotatable bonds is 8. The third-order valence-electron chi connectivity index (χ3n) is 6.38. The van der Waals surface area contributed by atoms with E-state index in [4.69, 9.17) is 0 Å². The summed E-state index contributed by atoms with van der Waals surface area (Å²) >= 11 is 3.43. The number of halogens is 1. The number of carbonyl (C=O) groups excluding carboxylic acids is 3. The van der Waals surface area contributed by atoms with Gasteiger partial charge in [0.25, 0.3) is 5.91 Å². The predicted octanol–water partition coefficient (Wildman–Crippen LogP) is 4.89. The van der Waals surface area contributed by atoms with Gasteiger partial charge in [-0.25, -0.2) is 0 Å². The van der Waals surface area contributed by atoms with Crippen LogP contribution in [0.4, 0.5) is 5.69 Å². The summed E-state index contributed by atoms with van der Waals surface area (Å²) in [6.07, 6.45) is 0.795. The lowest BCUT2D eigenvalue weighted by Crippen LogP contribution is -2.52. The minimum absolute atomic E-state index is 0.00634. The fraction of sp³-hybridized carbons (Fsp3) is 0.296. The number of amides is 3. The molecule has 2 atom stereocenters. The van der Waals surface area contributed by atoms with Gasteiger partial charge in [0, 0.05) is 28.0 Å². The molecule has 1 aliphatic rings. The van der Waals surface area contributed by atoms with Gasteiger partial charge in [0.15, 0.2) is 0 Å². The van der Waals surface area contributed by atoms with Crippen molar-refractivity contribution in [3.05, 3.63) is 76.3 Å². The zero-order valence-electron chi connectivity index (χ0n) is 19.5. The number of hydrogen-bond donors (Lipinski definition) is 1. The second-order valence-electron chi connectivity index (χ2n) is 8.71. The maximum Gasteiger partial charge on any atom is 0.259 e. The number of hydrogen-bond acceptors (Lipinski definition) is 3. The molecule has 4 rings (SSSR count). The Morgan fingerprint density at radius 1 is 1.03 bits per heavy atom. The third-order valence-corrected chi connectivity index (χ3v) is 6.91. The van der Waals surface area contributed by atoms with Crippen molar-refractivity contribution < 1.29 is 14.4 Å². The molecule has 0 saturated heterocycles. The molecular weight excluding hydrogens is 494 g/mol. The van der Waals surface area contributed by atoms with E-state index in [2.05, 4.69) is 21.2 Å². The fourth-order valence-corrected chi connectivity index (χ4v) is 4.46. The van der Waals surface area contributed by atoms with Gasteiger partial charge < -0.3 is 10.2 Å². The van der Waals surface area contributed by atoms with Crippen LogP contribution in [0.3, 0.4) is 0 Å². The Hall–Kier alpha value is -3.19. The van der Waals surface area contributed by atoms with Crippen LogP contribution in [0.15, 0.2) is 65.1 Å². The normalized spacial score (nSPS) is 14.2. The van der Waals surface area contributed by atoms with Gasteiger partial charge >= 0.3 is 0 Å². The molecule has 3 aromatic rings. The van der Waals surface area contributed by atoms with Crippen molar-refractivity contribution in [2.45, 2.75) is 45.8 Å². The second-order valence-corrected chi connectivity index (χ2v) is 9.63. The van der Waals surface area contributed by atoms with Crippen LogP contribution in [0.5, 0.6) is 0 Å². The lowest BCUT2D eigenvalue weighted by Gasteiger charge is -2.31. The van der Waals surface area contributed by atoms with Crippen LogP contribution < -0.4 is 10.2 Å². The molecule has 0 bridgehead atoms. The summed E-state index contributed by atoms with van der Waals surface area (Å²) in [5.41, 5.74) is 2.23. The van der Waals surface area contributed by atoms with E-state index in [0.29, 0.717) is 5.56 Å². The van der Waals surface area contributed by atoms with Crippen molar-refractivity contribution in [2.75, 3.05) is 11.4 Å². The summed E-state index contributed by atoms with van der Waals surface area (Å²) in [4.78, 5) is 42.8. The van der Waals surface area contributed by atoms with Crippen LogP contribution >= 0.6 is 15.9 Å². The van der Waals surface area contributed by atoms with E-state index >= 15 is 0 Å². The Kier molecular flexibility index (Phi) is 7.03. The molecule has 34 heavy (non-hydrogen) atoms. The lowest BCUT2D eigenvalue weighted by molar-refractivity contribution is -0.139. The molecule has 3 amide bonds. The van der Waals surface area contributed by atoms with Gasteiger partial charge in [0.2, 0.25) is 11.8 Å². The molecular formula is C27H28BrN3O3. The quantitative estimate of drug-likeness (QED) is 0.458. The van der Waals surface area contributed by atoms with E-state index in [1.807, 2.05) is 68.4 Å². The average Bonchev–Trinajstić information content (AvgIpc) is 3.11. The maximum atomic E-state index is 13.6. The highest BCUT2D eigenvalue weighted by Crippen LogP contribution is 2.37. The molecule has 6 nitrogen and oxygen atoms in total. The number of nitrogens with zero attached hydrogens (tertiary/aromatic N) is 2. The highest BCUT2D eigenvalue weighted by molar-refractivity contribution is 9.10. The summed E-state index contributed by atoms with van der Waals surface area (Å²) in [7, 11) is 0. The van der Waals surface area contributed by atoms with Crippen LogP contribution in [0.25, 0.3) is 10.8 Å². The van der Waals surface area contributed by atoms with Gasteiger partial charge in [-0.3, -0.25) is 19.3 Å². The van der Waals surface area contributed by atoms with Gasteiger partial charge in [-0.15, -0.1) is 0 Å². The molecule has 1 aliphatic heterocycles. The topological polar surface area (TPSA) is 69.7 Å². The molecule has 1 heterocycles. The Balaban J connectivity index is 1.61. The van der Waals surface area contributed by atoms with Crippen molar-refractivity contribution in [3.8, 4) is 0 Å². The van der Waals surface area contributed by atoms with E-state index in [-0.39, 0.29) is 36.9 Å². The summed E-state index contributed by atoms with van der Waals surface area (Å²) < 4.78 is 0.935. The molecule has 0 radical (unpaired) electrons. The van der Waals surface area contributed by atoms with Crippen molar-refractivity contribution >= 4 is 50.1 Å². The van der Waals surface area contributed by atoms with E-state index in [1.165, 1.54) is 4.90 Å². The van der Waals surface area contributed by atoms with E-state index in [9.17, 15) is 14.4 Å². The molecule has 7 heteroatoms. The van der Waals surface area contributed by atoms with Gasteiger partial charge in [-0.05, 0) is 55.5 Å². The van der Waals surface area contributed by atoms with Gasteiger partial charge in [-0.1, -0.05) is 59.3 Å². The minimum atomic E-state index is -0.694. The Morgan fingerprint density at radius 2 is 1.71 bits per heavy atom. The molecule has 0 unspecified atom stereocenters. The number of nitrogens with one attached hydrogen (secondary N) is 1. The highest BCUT2D eigenvalue weighted by atomic mass is 79.9. The van der Waals surface area contributed by atoms with E-state index in [1.54, 1.807) is 17.9 Å². The molecule has 0 fully saturated rings. The first kappa shape index (κ1) is 24.0. The zero-order chi connectivity index (χ0) is 24.4. The molecule has 1 N–H and O–H groups in total. The zero-order valence-corrected chi connectivity index (χ0v) is 21.1. The number of anilines is 1. The molecule has 0 saturated carbocycles. The van der Waals surface area contributed by atoms with E-state index in [0.717, 1.165) is 32.9 Å². The van der Waals surface area contributed by atoms with Gasteiger partial charge in [-0.2, -0.15) is 0 Å². The molecule has 3 aromatic carbocycles. The first-order valence-electron chi connectivity index (χ1n) is 11.5. The minimum Gasteiger partial charge on any atom is -0.352 e. The Labute approximate surface area is 208 Å². The molecule has 0 spiro atoms. The summed E-state index contributed by atoms with van der Waals surface area (Å²) in [6.45, 7) is 5.80. The maximum absolute atomic E-state index is 13.6. The molecule has 0 aliphatic carbocycles. The van der Waals surface area contributed by atoms with Crippen LogP contribution in [0.2, 0.25) is 0 Å². The predicted molar refractivity (Wildman–Crippen MR) is 138 cm³/mol. The van der Waals surface area contributed by atoms with Gasteiger partial charge in [0.1, 0.15) is 12.6 Å². The Morgan fingerprint density at radius 3 is 2.38 bits per heavy atom. The standard InChI is InChI=1S/C27H28BrN3O3/c1-4-17(2)29-26(33)18(3)30(15-19-11-13-21(28)14-12-19)24(32)16-31-23-10-6-8-20-7-5-9-22(25(20)23)27(31)34/h5-14,17-18H,4,15-16H2,1-3H3,(H,29,33)/t17-,18-/m1/s1. The second kappa shape index (κ2) is 9.97. The van der Waals surface area contributed by atoms with Crippen LogP contribution in [-0.4, -0.2) is 41.2 Å². The molecule has 0 aromatic heterocycles. The summed E-state index contributed by atoms with van der Waals surface area (Å²) in [6, 6.07) is 18.3. The molecule has 176 valence electrons. The van der Waals surface area contributed by atoms with Crippen LogP contribution in [0, 0.1) is 0 Å². The van der Waals surface area contributed by atoms with Gasteiger partial charge in [0.05, 0.1) is 5.69 Å². The summed E-state index contributed by atoms with van der Waals surface area (Å²) in [5.74, 6) is -0.689. The highest BCUT2D eigenvalue weighted by Gasteiger charge is 2.34. The van der Waals surface area contributed by atoms with Crippen molar-refractivity contribution in [1.82, 2.24) is 10.2 Å². The van der Waals surface area contributed by atoms with Crippen molar-refractivity contribution in [3.63, 3.8) is 0 Å². The fourth-order valence-electron chi connectivity index (χ4n) is 4.20. The third kappa shape index (κ3) is 4.71. The smallest absolute Gasteiger partial charge is 0.259 e. The van der Waals surface area contributed by atoms with Crippen LogP contribution in [0.1, 0.15) is 43.1 Å². The largest absolute Gasteiger partial charge is 0.352 e. The number of benzene rings is 3. The first-order valence-corrected chi connectivity index (χ1v) is 12.3. The van der Waals surface area contributed by atoms with Crippen LogP contribution in [-0.2, 0) is 16.1 Å². The van der Waals surface area contributed by atoms with E-state index < -0.39 is 6.04 Å².